The van der Waals surface area contributed by atoms with Gasteiger partial charge in [0.25, 0.3) is 0 Å². The quantitative estimate of drug-likeness (QED) is 0.729. The molecule has 96 valence electrons. The molecule has 0 radical (unpaired) electrons. The van der Waals surface area contributed by atoms with Crippen LogP contribution in [0.25, 0.3) is 0 Å². The van der Waals surface area contributed by atoms with Crippen LogP contribution in [0.2, 0.25) is 0 Å². The number of nitrogens with zero attached hydrogens (tertiary/aromatic N) is 1. The van der Waals surface area contributed by atoms with E-state index in [2.05, 4.69) is 18.7 Å². The molecule has 16 heavy (non-hydrogen) atoms. The lowest BCUT2D eigenvalue weighted by atomic mass is 9.73. The third-order valence-corrected chi connectivity index (χ3v) is 3.84. The lowest BCUT2D eigenvalue weighted by molar-refractivity contribution is -0.155. The van der Waals surface area contributed by atoms with Crippen molar-refractivity contribution in [1.82, 2.24) is 4.90 Å². The Morgan fingerprint density at radius 1 is 1.06 bits per heavy atom. The van der Waals surface area contributed by atoms with Gasteiger partial charge in [-0.25, -0.2) is 0 Å². The van der Waals surface area contributed by atoms with Crippen molar-refractivity contribution in [1.29, 1.82) is 0 Å². The molecule has 3 heteroatoms. The monoisotopic (exact) mass is 229 g/mol. The van der Waals surface area contributed by atoms with E-state index in [1.54, 1.807) is 0 Å². The van der Waals surface area contributed by atoms with Gasteiger partial charge in [0.2, 0.25) is 0 Å². The highest BCUT2D eigenvalue weighted by molar-refractivity contribution is 5.75. The zero-order valence-electron chi connectivity index (χ0n) is 11.6. The molecule has 0 aromatic heterocycles. The summed E-state index contributed by atoms with van der Waals surface area (Å²) in [7, 11) is 0. The second-order valence-corrected chi connectivity index (χ2v) is 5.48. The van der Waals surface area contributed by atoms with Crippen LogP contribution in [0.5, 0.6) is 0 Å². The number of aliphatic carboxylic acids is 1. The molecule has 0 aliphatic carbocycles. The summed E-state index contributed by atoms with van der Waals surface area (Å²) in [6, 6.07) is 0. The van der Waals surface area contributed by atoms with Gasteiger partial charge in [-0.05, 0) is 53.6 Å². The Kier molecular flexibility index (Phi) is 5.47. The van der Waals surface area contributed by atoms with Crippen molar-refractivity contribution in [3.8, 4) is 0 Å². The molecule has 0 aromatic carbocycles. The van der Waals surface area contributed by atoms with E-state index in [0.717, 1.165) is 25.9 Å². The van der Waals surface area contributed by atoms with Gasteiger partial charge in [-0.15, -0.1) is 0 Å². The van der Waals surface area contributed by atoms with E-state index >= 15 is 0 Å². The van der Waals surface area contributed by atoms with Crippen LogP contribution in [-0.4, -0.2) is 34.6 Å². The average Bonchev–Trinajstić information content (AvgIpc) is 2.16. The van der Waals surface area contributed by atoms with E-state index in [0.29, 0.717) is 0 Å². The Hall–Kier alpha value is -0.570. The topological polar surface area (TPSA) is 40.5 Å². The van der Waals surface area contributed by atoms with Gasteiger partial charge in [0, 0.05) is 5.54 Å². The van der Waals surface area contributed by atoms with Crippen LogP contribution < -0.4 is 0 Å². The van der Waals surface area contributed by atoms with Crippen LogP contribution in [-0.2, 0) is 4.79 Å². The smallest absolute Gasteiger partial charge is 0.310 e. The van der Waals surface area contributed by atoms with Crippen LogP contribution in [0.1, 0.15) is 54.4 Å². The maximum atomic E-state index is 11.4. The molecule has 0 amide bonds. The third-order valence-electron chi connectivity index (χ3n) is 3.84. The van der Waals surface area contributed by atoms with Crippen molar-refractivity contribution in [3.05, 3.63) is 0 Å². The van der Waals surface area contributed by atoms with Crippen molar-refractivity contribution < 1.29 is 9.90 Å². The molecule has 0 heterocycles. The molecule has 0 fully saturated rings. The molecule has 0 atom stereocenters. The summed E-state index contributed by atoms with van der Waals surface area (Å²) >= 11 is 0. The minimum atomic E-state index is -0.739. The van der Waals surface area contributed by atoms with Gasteiger partial charge in [0.05, 0.1) is 5.41 Å². The summed E-state index contributed by atoms with van der Waals surface area (Å²) < 4.78 is 0. The SMILES string of the molecule is CCCN(CCC)C(C)(C)C(C)(C)C(=O)O. The molecule has 1 N–H and O–H groups in total. The number of carbonyl (C=O) groups is 1. The predicted molar refractivity (Wildman–Crippen MR) is 67.7 cm³/mol. The fraction of sp³-hybridized carbons (Fsp3) is 0.923. The fourth-order valence-electron chi connectivity index (χ4n) is 1.87. The fourth-order valence-corrected chi connectivity index (χ4v) is 1.87. The number of hydrogen-bond acceptors (Lipinski definition) is 2. The molecular weight excluding hydrogens is 202 g/mol. The Bertz CT molecular complexity index is 228. The number of carboxylic acids is 1. The maximum Gasteiger partial charge on any atom is 0.310 e. The second kappa shape index (κ2) is 5.67. The Morgan fingerprint density at radius 2 is 1.44 bits per heavy atom. The minimum absolute atomic E-state index is 0.329. The first kappa shape index (κ1) is 15.4. The lowest BCUT2D eigenvalue weighted by Crippen LogP contribution is -2.57. The molecule has 0 saturated heterocycles. The summed E-state index contributed by atoms with van der Waals surface area (Å²) in [6.45, 7) is 13.9. The third kappa shape index (κ3) is 2.97. The molecular formula is C13H27NO2. The highest BCUT2D eigenvalue weighted by Gasteiger charge is 2.46. The molecule has 0 bridgehead atoms. The number of rotatable bonds is 7. The van der Waals surface area contributed by atoms with Crippen molar-refractivity contribution in [2.45, 2.75) is 59.9 Å². The number of hydrogen-bond donors (Lipinski definition) is 1. The first-order chi connectivity index (χ1) is 7.21. The van der Waals surface area contributed by atoms with Crippen molar-refractivity contribution in [2.24, 2.45) is 5.41 Å². The molecule has 0 aromatic rings. The summed E-state index contributed by atoms with van der Waals surface area (Å²) in [6.07, 6.45) is 2.11. The molecule has 0 aliphatic heterocycles. The summed E-state index contributed by atoms with van der Waals surface area (Å²) in [4.78, 5) is 13.6. The molecule has 0 rings (SSSR count). The summed E-state index contributed by atoms with van der Waals surface area (Å²) in [5, 5.41) is 9.34. The first-order valence-corrected chi connectivity index (χ1v) is 6.20. The predicted octanol–water partition coefficient (Wildman–Crippen LogP) is 3.00. The van der Waals surface area contributed by atoms with Crippen LogP contribution in [0.15, 0.2) is 0 Å². The molecule has 0 spiro atoms. The zero-order valence-corrected chi connectivity index (χ0v) is 11.6. The van der Waals surface area contributed by atoms with Gasteiger partial charge in [-0.2, -0.15) is 0 Å². The summed E-state index contributed by atoms with van der Waals surface area (Å²) in [5.41, 5.74) is -1.07. The van der Waals surface area contributed by atoms with Crippen molar-refractivity contribution >= 4 is 5.97 Å². The second-order valence-electron chi connectivity index (χ2n) is 5.48. The van der Waals surface area contributed by atoms with E-state index in [1.807, 2.05) is 27.7 Å². The Morgan fingerprint density at radius 3 is 1.69 bits per heavy atom. The zero-order chi connectivity index (χ0) is 13.0. The highest BCUT2D eigenvalue weighted by Crippen LogP contribution is 2.36. The van der Waals surface area contributed by atoms with Crippen LogP contribution in [0, 0.1) is 5.41 Å². The van der Waals surface area contributed by atoms with E-state index in [1.165, 1.54) is 0 Å². The van der Waals surface area contributed by atoms with Gasteiger partial charge in [-0.3, -0.25) is 9.69 Å². The highest BCUT2D eigenvalue weighted by atomic mass is 16.4. The average molecular weight is 229 g/mol. The van der Waals surface area contributed by atoms with Gasteiger partial charge in [-0.1, -0.05) is 13.8 Å². The van der Waals surface area contributed by atoms with E-state index in [-0.39, 0.29) is 5.54 Å². The summed E-state index contributed by atoms with van der Waals surface area (Å²) in [5.74, 6) is -0.727. The molecule has 0 unspecified atom stereocenters. The van der Waals surface area contributed by atoms with Crippen molar-refractivity contribution in [2.75, 3.05) is 13.1 Å². The number of carboxylic acid groups (broad SMARTS) is 1. The largest absolute Gasteiger partial charge is 0.481 e. The van der Waals surface area contributed by atoms with E-state index in [9.17, 15) is 9.90 Å². The molecule has 0 aliphatic rings. The normalized spacial score (nSPS) is 13.2. The van der Waals surface area contributed by atoms with Gasteiger partial charge in [0.1, 0.15) is 0 Å². The van der Waals surface area contributed by atoms with E-state index in [4.69, 9.17) is 0 Å². The van der Waals surface area contributed by atoms with Crippen LogP contribution in [0.4, 0.5) is 0 Å². The van der Waals surface area contributed by atoms with Gasteiger partial charge in [0.15, 0.2) is 0 Å². The van der Waals surface area contributed by atoms with Crippen molar-refractivity contribution in [3.63, 3.8) is 0 Å². The lowest BCUT2D eigenvalue weighted by Gasteiger charge is -2.47. The standard InChI is InChI=1S/C13H27NO2/c1-7-9-14(10-8-2)13(5,6)12(3,4)11(15)16/h7-10H2,1-6H3,(H,15,16). The Labute approximate surface area is 99.8 Å². The molecule has 0 saturated carbocycles. The minimum Gasteiger partial charge on any atom is -0.481 e. The van der Waals surface area contributed by atoms with Gasteiger partial charge < -0.3 is 5.11 Å². The van der Waals surface area contributed by atoms with Gasteiger partial charge >= 0.3 is 5.97 Å². The molecule has 3 nitrogen and oxygen atoms in total. The maximum absolute atomic E-state index is 11.4. The van der Waals surface area contributed by atoms with E-state index < -0.39 is 11.4 Å². The van der Waals surface area contributed by atoms with Crippen LogP contribution >= 0.6 is 0 Å². The first-order valence-electron chi connectivity index (χ1n) is 6.20. The van der Waals surface area contributed by atoms with Crippen LogP contribution in [0.3, 0.4) is 0 Å². The Balaban J connectivity index is 5.02.